The Bertz CT molecular complexity index is 1570. The minimum atomic E-state index is -0.457. The molecule has 158 valence electrons. The van der Waals surface area contributed by atoms with E-state index in [4.69, 9.17) is 10.5 Å². The molecule has 5 aromatic rings. The van der Waals surface area contributed by atoms with Crippen LogP contribution in [-0.4, -0.2) is 36.8 Å². The SMILES string of the molecule is COc1cccc(-c2cc(-c3cccnc3)nc3nc(-n4[nH]c(N)cc4=O)[nH]c(=O)c23)c1. The van der Waals surface area contributed by atoms with Crippen LogP contribution in [0.3, 0.4) is 0 Å². The zero-order valence-corrected chi connectivity index (χ0v) is 16.9. The molecule has 4 heterocycles. The van der Waals surface area contributed by atoms with Crippen LogP contribution in [0.1, 0.15) is 0 Å². The lowest BCUT2D eigenvalue weighted by atomic mass is 10.0. The molecule has 4 N–H and O–H groups in total. The van der Waals surface area contributed by atoms with Gasteiger partial charge in [0.25, 0.3) is 11.1 Å². The van der Waals surface area contributed by atoms with Gasteiger partial charge in [-0.2, -0.15) is 9.67 Å². The molecule has 0 saturated carbocycles. The van der Waals surface area contributed by atoms with E-state index in [1.54, 1.807) is 25.6 Å². The number of H-pyrrole nitrogens is 2. The standard InChI is InChI=1S/C22H17N7O3/c1-32-14-6-2-4-12(8-14)15-9-16(13-5-3-7-24-11-13)25-20-19(15)21(31)27-22(26-20)29-18(30)10-17(23)28-29/h2-11,28H,23H2,1H3,(H,25,26,27,31). The molecule has 0 aliphatic heterocycles. The molecule has 0 saturated heterocycles. The van der Waals surface area contributed by atoms with Crippen molar-refractivity contribution in [2.45, 2.75) is 0 Å². The lowest BCUT2D eigenvalue weighted by molar-refractivity contribution is 0.415. The summed E-state index contributed by atoms with van der Waals surface area (Å²) in [6, 6.07) is 14.0. The molecule has 32 heavy (non-hydrogen) atoms. The number of benzene rings is 1. The molecular weight excluding hydrogens is 410 g/mol. The van der Waals surface area contributed by atoms with E-state index in [1.807, 2.05) is 36.4 Å². The first-order chi connectivity index (χ1) is 15.5. The molecule has 0 atom stereocenters. The van der Waals surface area contributed by atoms with Crippen molar-refractivity contribution in [1.29, 1.82) is 0 Å². The second kappa shape index (κ2) is 7.51. The number of ether oxygens (including phenoxy) is 1. The predicted octanol–water partition coefficient (Wildman–Crippen LogP) is 2.12. The molecule has 0 fully saturated rings. The molecule has 0 amide bonds. The third-order valence-electron chi connectivity index (χ3n) is 4.95. The van der Waals surface area contributed by atoms with Crippen LogP contribution in [0.15, 0.2) is 70.5 Å². The fourth-order valence-electron chi connectivity index (χ4n) is 3.49. The van der Waals surface area contributed by atoms with Crippen LogP contribution in [0, 0.1) is 0 Å². The maximum Gasteiger partial charge on any atom is 0.275 e. The van der Waals surface area contributed by atoms with Crippen LogP contribution in [0.4, 0.5) is 5.82 Å². The Morgan fingerprint density at radius 1 is 1.03 bits per heavy atom. The van der Waals surface area contributed by atoms with Crippen molar-refractivity contribution in [2.24, 2.45) is 0 Å². The molecule has 10 heteroatoms. The van der Waals surface area contributed by atoms with Crippen molar-refractivity contribution in [3.63, 3.8) is 0 Å². The van der Waals surface area contributed by atoms with E-state index < -0.39 is 11.1 Å². The van der Waals surface area contributed by atoms with Gasteiger partial charge in [-0.15, -0.1) is 0 Å². The predicted molar refractivity (Wildman–Crippen MR) is 120 cm³/mol. The Balaban J connectivity index is 1.84. The Morgan fingerprint density at radius 2 is 1.88 bits per heavy atom. The molecule has 0 bridgehead atoms. The number of nitrogens with two attached hydrogens (primary N) is 1. The van der Waals surface area contributed by atoms with Crippen molar-refractivity contribution in [1.82, 2.24) is 29.7 Å². The summed E-state index contributed by atoms with van der Waals surface area (Å²) >= 11 is 0. The molecule has 1 aromatic carbocycles. The van der Waals surface area contributed by atoms with Crippen LogP contribution in [-0.2, 0) is 0 Å². The quantitative estimate of drug-likeness (QED) is 0.398. The van der Waals surface area contributed by atoms with Gasteiger partial charge in [-0.25, -0.2) is 4.98 Å². The van der Waals surface area contributed by atoms with Crippen LogP contribution in [0.25, 0.3) is 39.4 Å². The summed E-state index contributed by atoms with van der Waals surface area (Å²) in [6.07, 6.45) is 3.34. The Labute approximate surface area is 180 Å². The second-order valence-electron chi connectivity index (χ2n) is 7.00. The number of aromatic amines is 2. The largest absolute Gasteiger partial charge is 0.497 e. The van der Waals surface area contributed by atoms with Crippen molar-refractivity contribution in [2.75, 3.05) is 12.8 Å². The molecule has 4 aromatic heterocycles. The Hall–Kier alpha value is -4.73. The van der Waals surface area contributed by atoms with Crippen LogP contribution in [0.2, 0.25) is 0 Å². The number of rotatable bonds is 4. The number of hydrogen-bond acceptors (Lipinski definition) is 7. The number of methoxy groups -OCH3 is 1. The highest BCUT2D eigenvalue weighted by atomic mass is 16.5. The molecule has 0 aliphatic rings. The lowest BCUT2D eigenvalue weighted by Gasteiger charge is -2.11. The number of aromatic nitrogens is 6. The molecule has 5 rings (SSSR count). The summed E-state index contributed by atoms with van der Waals surface area (Å²) in [7, 11) is 1.57. The molecule has 0 unspecified atom stereocenters. The van der Waals surface area contributed by atoms with Gasteiger partial charge in [0.2, 0.25) is 5.95 Å². The van der Waals surface area contributed by atoms with Gasteiger partial charge in [-0.1, -0.05) is 12.1 Å². The number of fused-ring (bicyclic) bond motifs is 1. The second-order valence-corrected chi connectivity index (χ2v) is 7.00. The third-order valence-corrected chi connectivity index (χ3v) is 4.95. The van der Waals surface area contributed by atoms with E-state index in [-0.39, 0.29) is 22.8 Å². The number of anilines is 1. The number of nitrogen functional groups attached to an aromatic ring is 1. The maximum absolute atomic E-state index is 13.1. The number of pyridine rings is 2. The highest BCUT2D eigenvalue weighted by molar-refractivity contribution is 5.94. The van der Waals surface area contributed by atoms with Crippen LogP contribution in [0.5, 0.6) is 5.75 Å². The van der Waals surface area contributed by atoms with E-state index in [0.717, 1.165) is 15.8 Å². The van der Waals surface area contributed by atoms with Gasteiger partial charge >= 0.3 is 0 Å². The molecule has 10 nitrogen and oxygen atoms in total. The third kappa shape index (κ3) is 3.29. The van der Waals surface area contributed by atoms with Crippen LogP contribution < -0.4 is 21.6 Å². The van der Waals surface area contributed by atoms with Crippen molar-refractivity contribution >= 4 is 16.9 Å². The average Bonchev–Trinajstić information content (AvgIpc) is 3.16. The van der Waals surface area contributed by atoms with Gasteiger partial charge in [0.15, 0.2) is 5.65 Å². The highest BCUT2D eigenvalue weighted by Crippen LogP contribution is 2.31. The minimum Gasteiger partial charge on any atom is -0.497 e. The Kier molecular flexibility index (Phi) is 4.52. The molecule has 0 radical (unpaired) electrons. The molecule has 0 spiro atoms. The van der Waals surface area contributed by atoms with Gasteiger partial charge < -0.3 is 10.5 Å². The maximum atomic E-state index is 13.1. The first-order valence-electron chi connectivity index (χ1n) is 9.61. The summed E-state index contributed by atoms with van der Waals surface area (Å²) in [5.41, 5.74) is 7.62. The smallest absolute Gasteiger partial charge is 0.275 e. The minimum absolute atomic E-state index is 0.0170. The van der Waals surface area contributed by atoms with Gasteiger partial charge in [-0.05, 0) is 35.9 Å². The molecular formula is C22H17N7O3. The topological polar surface area (TPSA) is 145 Å². The summed E-state index contributed by atoms with van der Waals surface area (Å²) in [5.74, 6) is 0.772. The van der Waals surface area contributed by atoms with Gasteiger partial charge in [0.05, 0.1) is 18.2 Å². The van der Waals surface area contributed by atoms with E-state index in [1.165, 1.54) is 6.07 Å². The molecule has 0 aliphatic carbocycles. The van der Waals surface area contributed by atoms with E-state index in [2.05, 4.69) is 25.0 Å². The van der Waals surface area contributed by atoms with Gasteiger partial charge in [-0.3, -0.25) is 24.7 Å². The van der Waals surface area contributed by atoms with Crippen molar-refractivity contribution < 1.29 is 4.74 Å². The first-order valence-corrected chi connectivity index (χ1v) is 9.61. The zero-order chi connectivity index (χ0) is 22.2. The number of hydrogen-bond donors (Lipinski definition) is 3. The van der Waals surface area contributed by atoms with E-state index in [0.29, 0.717) is 17.0 Å². The summed E-state index contributed by atoms with van der Waals surface area (Å²) in [5, 5.41) is 2.94. The Morgan fingerprint density at radius 3 is 2.59 bits per heavy atom. The first kappa shape index (κ1) is 19.2. The fraction of sp³-hybridized carbons (Fsp3) is 0.0455. The summed E-state index contributed by atoms with van der Waals surface area (Å²) in [6.45, 7) is 0. The van der Waals surface area contributed by atoms with Crippen molar-refractivity contribution in [3.05, 3.63) is 81.6 Å². The van der Waals surface area contributed by atoms with Crippen molar-refractivity contribution in [3.8, 4) is 34.1 Å². The van der Waals surface area contributed by atoms with Gasteiger partial charge in [0, 0.05) is 29.6 Å². The van der Waals surface area contributed by atoms with Gasteiger partial charge in [0.1, 0.15) is 11.6 Å². The summed E-state index contributed by atoms with van der Waals surface area (Å²) in [4.78, 5) is 41.2. The lowest BCUT2D eigenvalue weighted by Crippen LogP contribution is -2.22. The zero-order valence-electron chi connectivity index (χ0n) is 16.9. The monoisotopic (exact) mass is 427 g/mol. The highest BCUT2D eigenvalue weighted by Gasteiger charge is 2.17. The number of nitrogens with one attached hydrogen (secondary N) is 2. The fourth-order valence-corrected chi connectivity index (χ4v) is 3.49. The van der Waals surface area contributed by atoms with E-state index in [9.17, 15) is 9.59 Å². The van der Waals surface area contributed by atoms with E-state index >= 15 is 0 Å². The van der Waals surface area contributed by atoms with Crippen LogP contribution >= 0.6 is 0 Å². The normalized spacial score (nSPS) is 11.0. The average molecular weight is 427 g/mol. The number of nitrogens with zero attached hydrogens (tertiary/aromatic N) is 4. The summed E-state index contributed by atoms with van der Waals surface area (Å²) < 4.78 is 6.40.